The summed E-state index contributed by atoms with van der Waals surface area (Å²) in [4.78, 5) is 22.1. The maximum atomic E-state index is 12.5. The molecule has 1 aromatic carbocycles. The van der Waals surface area contributed by atoms with E-state index in [0.29, 0.717) is 16.7 Å². The van der Waals surface area contributed by atoms with Gasteiger partial charge in [-0.25, -0.2) is 17.7 Å². The zero-order chi connectivity index (χ0) is 21.9. The largest absolute Gasteiger partial charge is 0.328 e. The molecule has 0 saturated heterocycles. The minimum absolute atomic E-state index is 0.196. The number of carbonyl (C=O) groups is 1. The minimum Gasteiger partial charge on any atom is -0.328 e. The predicted molar refractivity (Wildman–Crippen MR) is 118 cm³/mol. The van der Waals surface area contributed by atoms with Crippen LogP contribution in [0.3, 0.4) is 0 Å². The van der Waals surface area contributed by atoms with Gasteiger partial charge in [-0.3, -0.25) is 4.79 Å². The number of thiazole rings is 1. The van der Waals surface area contributed by atoms with Crippen molar-refractivity contribution in [3.63, 3.8) is 0 Å². The van der Waals surface area contributed by atoms with Gasteiger partial charge in [0.1, 0.15) is 5.82 Å². The molecule has 2 aromatic heterocycles. The fraction of sp³-hybridized carbons (Fsp3) is 0.450. The zero-order valence-electron chi connectivity index (χ0n) is 17.7. The predicted octanol–water partition coefficient (Wildman–Crippen LogP) is 2.55. The number of aryl methyl sites for hydroxylation is 3. The van der Waals surface area contributed by atoms with E-state index in [-0.39, 0.29) is 17.2 Å². The summed E-state index contributed by atoms with van der Waals surface area (Å²) in [5, 5.41) is 1.88. The monoisotopic (exact) mass is 449 g/mol. The summed E-state index contributed by atoms with van der Waals surface area (Å²) in [6.07, 6.45) is 4.55. The van der Waals surface area contributed by atoms with E-state index >= 15 is 0 Å². The third kappa shape index (κ3) is 4.71. The molecule has 0 aliphatic rings. The fourth-order valence-corrected chi connectivity index (χ4v) is 4.77. The van der Waals surface area contributed by atoms with E-state index in [1.807, 2.05) is 23.2 Å². The van der Waals surface area contributed by atoms with Gasteiger partial charge in [0.25, 0.3) is 0 Å². The Morgan fingerprint density at radius 1 is 1.30 bits per heavy atom. The highest BCUT2D eigenvalue weighted by Crippen LogP contribution is 2.23. The first-order valence-electron chi connectivity index (χ1n) is 9.83. The van der Waals surface area contributed by atoms with Crippen LogP contribution in [-0.4, -0.2) is 46.8 Å². The van der Waals surface area contributed by atoms with Gasteiger partial charge in [0.15, 0.2) is 4.80 Å². The lowest BCUT2D eigenvalue weighted by Crippen LogP contribution is -2.22. The first-order valence-corrected chi connectivity index (χ1v) is 12.2. The number of benzene rings is 1. The standard InChI is InChI=1S/C20H27N5O3S2/c1-5-6-11-25-17-8-7-15(30(27,28)23(2)3)14-16(17)21-18(25)9-10-19(26)22-20-24(4)12-13-29-20/h7-8,12-14H,5-6,9-11H2,1-4H3. The molecule has 10 heteroatoms. The van der Waals surface area contributed by atoms with Crippen molar-refractivity contribution in [3.8, 4) is 0 Å². The molecule has 0 bridgehead atoms. The third-order valence-corrected chi connectivity index (χ3v) is 7.51. The number of aromatic nitrogens is 3. The first-order chi connectivity index (χ1) is 14.2. The van der Waals surface area contributed by atoms with Crippen LogP contribution in [0.5, 0.6) is 0 Å². The van der Waals surface area contributed by atoms with Crippen LogP contribution in [0.25, 0.3) is 11.0 Å². The van der Waals surface area contributed by atoms with Gasteiger partial charge in [-0.15, -0.1) is 11.3 Å². The van der Waals surface area contributed by atoms with Gasteiger partial charge in [-0.05, 0) is 24.6 Å². The van der Waals surface area contributed by atoms with E-state index in [1.54, 1.807) is 18.2 Å². The number of fused-ring (bicyclic) bond motifs is 1. The molecule has 0 fully saturated rings. The molecule has 2 heterocycles. The molecular formula is C20H27N5O3S2. The van der Waals surface area contributed by atoms with Crippen molar-refractivity contribution in [1.29, 1.82) is 0 Å². The number of imidazole rings is 1. The number of unbranched alkanes of at least 4 members (excludes halogenated alkanes) is 1. The van der Waals surface area contributed by atoms with E-state index in [4.69, 9.17) is 0 Å². The molecule has 0 spiro atoms. The minimum atomic E-state index is -3.53. The van der Waals surface area contributed by atoms with E-state index in [9.17, 15) is 13.2 Å². The molecule has 0 radical (unpaired) electrons. The Kier molecular flexibility index (Phi) is 6.89. The zero-order valence-corrected chi connectivity index (χ0v) is 19.3. The van der Waals surface area contributed by atoms with Crippen LogP contribution in [-0.2, 0) is 34.8 Å². The number of hydrogen-bond acceptors (Lipinski definition) is 5. The topological polar surface area (TPSA) is 89.6 Å². The van der Waals surface area contributed by atoms with Gasteiger partial charge in [0.2, 0.25) is 15.9 Å². The Labute approximate surface area is 180 Å². The first kappa shape index (κ1) is 22.4. The molecule has 3 aromatic rings. The maximum Gasteiger partial charge on any atom is 0.248 e. The van der Waals surface area contributed by atoms with Gasteiger partial charge in [0, 0.05) is 52.1 Å². The second-order valence-corrected chi connectivity index (χ2v) is 10.3. The van der Waals surface area contributed by atoms with Crippen LogP contribution in [0.2, 0.25) is 0 Å². The van der Waals surface area contributed by atoms with Crippen LogP contribution in [0.4, 0.5) is 0 Å². The maximum absolute atomic E-state index is 12.5. The smallest absolute Gasteiger partial charge is 0.248 e. The second-order valence-electron chi connectivity index (χ2n) is 7.27. The van der Waals surface area contributed by atoms with E-state index in [0.717, 1.165) is 30.7 Å². The summed E-state index contributed by atoms with van der Waals surface area (Å²) in [6, 6.07) is 5.02. The van der Waals surface area contributed by atoms with Crippen LogP contribution >= 0.6 is 11.3 Å². The average Bonchev–Trinajstić information content (AvgIpc) is 3.26. The van der Waals surface area contributed by atoms with Crippen molar-refractivity contribution < 1.29 is 13.2 Å². The van der Waals surface area contributed by atoms with Crippen molar-refractivity contribution in [1.82, 2.24) is 18.4 Å². The number of hydrogen-bond donors (Lipinski definition) is 0. The van der Waals surface area contributed by atoms with Crippen molar-refractivity contribution >= 4 is 38.3 Å². The lowest BCUT2D eigenvalue weighted by atomic mass is 10.2. The number of sulfonamides is 1. The van der Waals surface area contributed by atoms with E-state index in [1.165, 1.54) is 29.7 Å². The second kappa shape index (κ2) is 9.23. The Balaban J connectivity index is 1.92. The number of rotatable bonds is 8. The van der Waals surface area contributed by atoms with Crippen molar-refractivity contribution in [2.24, 2.45) is 12.0 Å². The molecular weight excluding hydrogens is 422 g/mol. The third-order valence-electron chi connectivity index (χ3n) is 4.86. The molecule has 1 amide bonds. The van der Waals surface area contributed by atoms with Gasteiger partial charge in [0.05, 0.1) is 15.9 Å². The normalized spacial score (nSPS) is 12.9. The Morgan fingerprint density at radius 2 is 2.07 bits per heavy atom. The highest BCUT2D eigenvalue weighted by molar-refractivity contribution is 7.89. The van der Waals surface area contributed by atoms with Crippen molar-refractivity contribution in [2.45, 2.75) is 44.0 Å². The van der Waals surface area contributed by atoms with Crippen LogP contribution < -0.4 is 4.80 Å². The van der Waals surface area contributed by atoms with E-state index in [2.05, 4.69) is 21.5 Å². The summed E-state index contributed by atoms with van der Waals surface area (Å²) >= 11 is 1.42. The molecule has 0 aliphatic heterocycles. The number of nitrogens with zero attached hydrogens (tertiary/aromatic N) is 5. The fourth-order valence-electron chi connectivity index (χ4n) is 3.10. The van der Waals surface area contributed by atoms with Crippen LogP contribution in [0.15, 0.2) is 39.7 Å². The van der Waals surface area contributed by atoms with Gasteiger partial charge in [-0.2, -0.15) is 4.99 Å². The van der Waals surface area contributed by atoms with Gasteiger partial charge >= 0.3 is 0 Å². The molecule has 162 valence electrons. The van der Waals surface area contributed by atoms with Crippen molar-refractivity contribution in [2.75, 3.05) is 14.1 Å². The highest BCUT2D eigenvalue weighted by atomic mass is 32.2. The molecule has 3 rings (SSSR count). The quantitative estimate of drug-likeness (QED) is 0.529. The molecule has 0 unspecified atom stereocenters. The summed E-state index contributed by atoms with van der Waals surface area (Å²) in [7, 11) is 1.33. The van der Waals surface area contributed by atoms with Gasteiger partial charge in [-0.1, -0.05) is 13.3 Å². The number of amides is 1. The number of carbonyl (C=O) groups excluding carboxylic acids is 1. The molecule has 0 saturated carbocycles. The Bertz CT molecular complexity index is 1220. The van der Waals surface area contributed by atoms with Gasteiger partial charge < -0.3 is 9.13 Å². The summed E-state index contributed by atoms with van der Waals surface area (Å²) in [5.41, 5.74) is 1.50. The molecule has 8 nitrogen and oxygen atoms in total. The van der Waals surface area contributed by atoms with E-state index < -0.39 is 10.0 Å². The molecule has 30 heavy (non-hydrogen) atoms. The highest BCUT2D eigenvalue weighted by Gasteiger charge is 2.20. The van der Waals surface area contributed by atoms with Crippen LogP contribution in [0, 0.1) is 0 Å². The van der Waals surface area contributed by atoms with Crippen LogP contribution in [0.1, 0.15) is 32.0 Å². The lowest BCUT2D eigenvalue weighted by molar-refractivity contribution is -0.118. The average molecular weight is 450 g/mol. The Morgan fingerprint density at radius 3 is 2.70 bits per heavy atom. The molecule has 0 aliphatic carbocycles. The summed E-state index contributed by atoms with van der Waals surface area (Å²) in [6.45, 7) is 2.89. The Hall–Kier alpha value is -2.30. The summed E-state index contributed by atoms with van der Waals surface area (Å²) < 4.78 is 30.0. The summed E-state index contributed by atoms with van der Waals surface area (Å²) in [5.74, 6) is 0.579. The SMILES string of the molecule is CCCCn1c(CCC(=O)N=c2sccn2C)nc2cc(S(=O)(=O)N(C)C)ccc21. The molecule has 0 N–H and O–H groups in total. The lowest BCUT2D eigenvalue weighted by Gasteiger charge is -2.11. The molecule has 0 atom stereocenters. The van der Waals surface area contributed by atoms with Crippen molar-refractivity contribution in [3.05, 3.63) is 40.4 Å².